The highest BCUT2D eigenvalue weighted by molar-refractivity contribution is 9.10. The summed E-state index contributed by atoms with van der Waals surface area (Å²) < 4.78 is 38.0. The minimum Gasteiger partial charge on any atom is -0.360 e. The van der Waals surface area contributed by atoms with E-state index >= 15 is 0 Å². The zero-order valence-corrected chi connectivity index (χ0v) is 11.5. The van der Waals surface area contributed by atoms with Crippen molar-refractivity contribution >= 4 is 21.6 Å². The van der Waals surface area contributed by atoms with Crippen LogP contribution in [0.15, 0.2) is 22.7 Å². The van der Waals surface area contributed by atoms with Crippen LogP contribution < -0.4 is 4.90 Å². The van der Waals surface area contributed by atoms with Crippen LogP contribution in [0.3, 0.4) is 0 Å². The fourth-order valence-electron chi connectivity index (χ4n) is 1.54. The Hall–Kier alpha value is -1.22. The highest BCUT2D eigenvalue weighted by Gasteiger charge is 2.32. The van der Waals surface area contributed by atoms with E-state index in [2.05, 4.69) is 15.9 Å². The molecule has 0 radical (unpaired) electrons. The van der Waals surface area contributed by atoms with E-state index in [0.717, 1.165) is 0 Å². The number of nitrogens with zero attached hydrogens (tertiary/aromatic N) is 2. The molecule has 0 aliphatic heterocycles. The summed E-state index contributed by atoms with van der Waals surface area (Å²) in [6.07, 6.45) is -4.26. The molecule has 1 aromatic carbocycles. The maximum atomic E-state index is 12.5. The number of alkyl halides is 3. The summed E-state index contributed by atoms with van der Waals surface area (Å²) in [5.41, 5.74) is 0.836. The molecule has 0 fully saturated rings. The van der Waals surface area contributed by atoms with Gasteiger partial charge in [0.2, 0.25) is 0 Å². The third-order valence-corrected chi connectivity index (χ3v) is 3.03. The highest BCUT2D eigenvalue weighted by Crippen LogP contribution is 2.28. The Balaban J connectivity index is 3.08. The van der Waals surface area contributed by atoms with Crippen molar-refractivity contribution in [3.63, 3.8) is 0 Å². The average Bonchev–Trinajstić information content (AvgIpc) is 2.24. The summed E-state index contributed by atoms with van der Waals surface area (Å²) in [7, 11) is 0. The predicted molar refractivity (Wildman–Crippen MR) is 67.4 cm³/mol. The number of halogens is 4. The van der Waals surface area contributed by atoms with Crippen molar-refractivity contribution in [3.8, 4) is 6.07 Å². The number of anilines is 1. The third-order valence-electron chi connectivity index (χ3n) is 2.38. The van der Waals surface area contributed by atoms with Crippen LogP contribution in [0.25, 0.3) is 0 Å². The Kier molecular flexibility index (Phi) is 4.63. The molecule has 0 bridgehead atoms. The van der Waals surface area contributed by atoms with Gasteiger partial charge in [0.05, 0.1) is 5.56 Å². The van der Waals surface area contributed by atoms with Gasteiger partial charge in [-0.15, -0.1) is 0 Å². The number of benzene rings is 1. The van der Waals surface area contributed by atoms with Crippen LogP contribution in [-0.2, 0) is 0 Å². The minimum atomic E-state index is -4.26. The Morgan fingerprint density at radius 1 is 1.39 bits per heavy atom. The fraction of sp³-hybridized carbons (Fsp3) is 0.417. The van der Waals surface area contributed by atoms with Crippen LogP contribution in [0.4, 0.5) is 18.9 Å². The van der Waals surface area contributed by atoms with E-state index in [1.807, 2.05) is 6.07 Å². The summed E-state index contributed by atoms with van der Waals surface area (Å²) in [5, 5.41) is 8.77. The van der Waals surface area contributed by atoms with Crippen LogP contribution in [0.2, 0.25) is 0 Å². The molecule has 0 atom stereocenters. The molecule has 0 saturated carbocycles. The zero-order valence-electron chi connectivity index (χ0n) is 9.92. The van der Waals surface area contributed by atoms with Crippen molar-refractivity contribution in [1.82, 2.24) is 0 Å². The molecule has 0 spiro atoms. The van der Waals surface area contributed by atoms with Gasteiger partial charge in [-0.2, -0.15) is 18.4 Å². The molecule has 0 heterocycles. The number of hydrogen-bond donors (Lipinski definition) is 0. The van der Waals surface area contributed by atoms with Gasteiger partial charge in [0.25, 0.3) is 0 Å². The lowest BCUT2D eigenvalue weighted by atomic mass is 10.2. The average molecular weight is 321 g/mol. The second-order valence-electron chi connectivity index (χ2n) is 4.11. The van der Waals surface area contributed by atoms with Gasteiger partial charge in [0, 0.05) is 16.2 Å². The maximum Gasteiger partial charge on any atom is 0.405 e. The monoisotopic (exact) mass is 320 g/mol. The van der Waals surface area contributed by atoms with Crippen LogP contribution >= 0.6 is 15.9 Å². The molecule has 0 amide bonds. The largest absolute Gasteiger partial charge is 0.405 e. The number of hydrogen-bond acceptors (Lipinski definition) is 2. The van der Waals surface area contributed by atoms with E-state index in [4.69, 9.17) is 5.26 Å². The lowest BCUT2D eigenvalue weighted by molar-refractivity contribution is -0.120. The first-order chi connectivity index (χ1) is 8.24. The molecule has 2 nitrogen and oxygen atoms in total. The van der Waals surface area contributed by atoms with Gasteiger partial charge in [0.15, 0.2) is 0 Å². The topological polar surface area (TPSA) is 27.0 Å². The summed E-state index contributed by atoms with van der Waals surface area (Å²) in [6.45, 7) is 2.37. The maximum absolute atomic E-state index is 12.5. The van der Waals surface area contributed by atoms with Gasteiger partial charge in [-0.05, 0) is 48.0 Å². The van der Waals surface area contributed by atoms with Crippen molar-refractivity contribution < 1.29 is 13.2 Å². The van der Waals surface area contributed by atoms with Gasteiger partial charge < -0.3 is 4.90 Å². The smallest absolute Gasteiger partial charge is 0.360 e. The summed E-state index contributed by atoms with van der Waals surface area (Å²) in [5.74, 6) is 0. The minimum absolute atomic E-state index is 0.286. The van der Waals surface area contributed by atoms with Crippen LogP contribution in [-0.4, -0.2) is 18.8 Å². The predicted octanol–water partition coefficient (Wildman–Crippen LogP) is 4.10. The van der Waals surface area contributed by atoms with E-state index in [-0.39, 0.29) is 6.04 Å². The molecule has 98 valence electrons. The Labute approximate surface area is 112 Å². The zero-order chi connectivity index (χ0) is 13.9. The molecule has 1 rings (SSSR count). The Bertz CT molecular complexity index is 463. The Morgan fingerprint density at radius 3 is 2.39 bits per heavy atom. The number of nitriles is 1. The molecular weight excluding hydrogens is 309 g/mol. The molecular formula is C12H12BrF3N2. The molecule has 0 saturated heterocycles. The molecule has 0 aliphatic rings. The van der Waals surface area contributed by atoms with Crippen molar-refractivity contribution in [2.45, 2.75) is 26.1 Å². The van der Waals surface area contributed by atoms with E-state index in [9.17, 15) is 13.2 Å². The van der Waals surface area contributed by atoms with Gasteiger partial charge >= 0.3 is 6.18 Å². The summed E-state index contributed by atoms with van der Waals surface area (Å²) >= 11 is 3.17. The standard InChI is InChI=1S/C12H12BrF3N2/c1-8(2)18(7-12(14,15)16)10-4-3-9(6-17)11(13)5-10/h3-5,8H,7H2,1-2H3. The SMILES string of the molecule is CC(C)N(CC(F)(F)F)c1ccc(C#N)c(Br)c1. The molecule has 0 unspecified atom stereocenters. The van der Waals surface area contributed by atoms with Crippen LogP contribution in [0.5, 0.6) is 0 Å². The molecule has 0 aromatic heterocycles. The quantitative estimate of drug-likeness (QED) is 0.838. The molecule has 0 N–H and O–H groups in total. The molecule has 1 aromatic rings. The lowest BCUT2D eigenvalue weighted by Crippen LogP contribution is -2.39. The molecule has 18 heavy (non-hydrogen) atoms. The van der Waals surface area contributed by atoms with Crippen molar-refractivity contribution in [3.05, 3.63) is 28.2 Å². The summed E-state index contributed by atoms with van der Waals surface area (Å²) in [6, 6.07) is 6.23. The van der Waals surface area contributed by atoms with E-state index in [1.165, 1.54) is 23.1 Å². The molecule has 6 heteroatoms. The van der Waals surface area contributed by atoms with Crippen LogP contribution in [0, 0.1) is 11.3 Å². The molecule has 0 aliphatic carbocycles. The highest BCUT2D eigenvalue weighted by atomic mass is 79.9. The Morgan fingerprint density at radius 2 is 2.00 bits per heavy atom. The van der Waals surface area contributed by atoms with Gasteiger partial charge in [-0.25, -0.2) is 0 Å². The third kappa shape index (κ3) is 3.91. The normalized spacial score (nSPS) is 11.4. The van der Waals surface area contributed by atoms with Crippen LogP contribution in [0.1, 0.15) is 19.4 Å². The van der Waals surface area contributed by atoms with Gasteiger partial charge in [-0.3, -0.25) is 0 Å². The van der Waals surface area contributed by atoms with Crippen molar-refractivity contribution in [2.24, 2.45) is 0 Å². The van der Waals surface area contributed by atoms with E-state index in [0.29, 0.717) is 15.7 Å². The van der Waals surface area contributed by atoms with E-state index in [1.54, 1.807) is 13.8 Å². The fourth-order valence-corrected chi connectivity index (χ4v) is 1.99. The van der Waals surface area contributed by atoms with Gasteiger partial charge in [0.1, 0.15) is 12.6 Å². The summed E-state index contributed by atoms with van der Waals surface area (Å²) in [4.78, 5) is 1.24. The second-order valence-corrected chi connectivity index (χ2v) is 4.97. The second kappa shape index (κ2) is 5.61. The van der Waals surface area contributed by atoms with Gasteiger partial charge in [-0.1, -0.05) is 0 Å². The first-order valence-corrected chi connectivity index (χ1v) is 6.07. The number of rotatable bonds is 3. The van der Waals surface area contributed by atoms with Crippen molar-refractivity contribution in [1.29, 1.82) is 5.26 Å². The van der Waals surface area contributed by atoms with E-state index < -0.39 is 12.7 Å². The lowest BCUT2D eigenvalue weighted by Gasteiger charge is -2.30. The first-order valence-electron chi connectivity index (χ1n) is 5.27. The van der Waals surface area contributed by atoms with Crippen molar-refractivity contribution in [2.75, 3.05) is 11.4 Å². The first kappa shape index (κ1) is 14.8.